The van der Waals surface area contributed by atoms with Crippen LogP contribution in [0.4, 0.5) is 0 Å². The van der Waals surface area contributed by atoms with Crippen molar-refractivity contribution in [1.29, 1.82) is 0 Å². The summed E-state index contributed by atoms with van der Waals surface area (Å²) in [6, 6.07) is 8.74. The Morgan fingerprint density at radius 2 is 2.05 bits per heavy atom. The number of carbonyl (C=O) groups is 1. The second-order valence-electron chi connectivity index (χ2n) is 4.25. The number of hydrogen-bond acceptors (Lipinski definition) is 3. The number of nitrogens with zero attached hydrogens (tertiary/aromatic N) is 1. The van der Waals surface area contributed by atoms with Crippen molar-refractivity contribution >= 4 is 33.2 Å². The van der Waals surface area contributed by atoms with Crippen LogP contribution in [0.1, 0.15) is 28.2 Å². The van der Waals surface area contributed by atoms with Gasteiger partial charge in [0.05, 0.1) is 6.04 Å². The number of phenolic OH excluding ortho intramolecular Hbond substituents is 1. The first-order valence-electron chi connectivity index (χ1n) is 5.80. The lowest BCUT2D eigenvalue weighted by molar-refractivity contribution is 0.0745. The van der Waals surface area contributed by atoms with Crippen molar-refractivity contribution in [3.8, 4) is 5.75 Å². The van der Waals surface area contributed by atoms with Crippen molar-refractivity contribution in [3.05, 3.63) is 50.6 Å². The zero-order valence-electron chi connectivity index (χ0n) is 10.6. The number of hydrogen-bond donors (Lipinski definition) is 1. The molecular weight excluding hydrogens is 326 g/mol. The van der Waals surface area contributed by atoms with Crippen molar-refractivity contribution in [2.24, 2.45) is 0 Å². The maximum absolute atomic E-state index is 12.4. The van der Waals surface area contributed by atoms with Crippen molar-refractivity contribution in [1.82, 2.24) is 4.90 Å². The SMILES string of the molecule is CC(c1ccccc1O)N(C)C(=O)c1sccc1Br. The van der Waals surface area contributed by atoms with Crippen molar-refractivity contribution < 1.29 is 9.90 Å². The van der Waals surface area contributed by atoms with Crippen LogP contribution < -0.4 is 0 Å². The Balaban J connectivity index is 2.25. The number of carbonyl (C=O) groups excluding carboxylic acids is 1. The Hall–Kier alpha value is -1.33. The predicted molar refractivity (Wildman–Crippen MR) is 80.6 cm³/mol. The van der Waals surface area contributed by atoms with Gasteiger partial charge in [-0.1, -0.05) is 18.2 Å². The molecule has 0 bridgehead atoms. The van der Waals surface area contributed by atoms with E-state index in [1.54, 1.807) is 24.1 Å². The number of benzene rings is 1. The van der Waals surface area contributed by atoms with Gasteiger partial charge in [-0.25, -0.2) is 0 Å². The van der Waals surface area contributed by atoms with E-state index in [2.05, 4.69) is 15.9 Å². The Labute approximate surface area is 124 Å². The van der Waals surface area contributed by atoms with Gasteiger partial charge in [0.25, 0.3) is 5.91 Å². The van der Waals surface area contributed by atoms with E-state index in [4.69, 9.17) is 0 Å². The van der Waals surface area contributed by atoms with E-state index >= 15 is 0 Å². The highest BCUT2D eigenvalue weighted by molar-refractivity contribution is 9.10. The fourth-order valence-corrected chi connectivity index (χ4v) is 3.35. The quantitative estimate of drug-likeness (QED) is 0.916. The minimum atomic E-state index is -0.192. The summed E-state index contributed by atoms with van der Waals surface area (Å²) in [5.74, 6) is 0.150. The Morgan fingerprint density at radius 3 is 2.63 bits per heavy atom. The summed E-state index contributed by atoms with van der Waals surface area (Å²) in [5, 5.41) is 11.7. The van der Waals surface area contributed by atoms with E-state index in [-0.39, 0.29) is 17.7 Å². The smallest absolute Gasteiger partial charge is 0.265 e. The second kappa shape index (κ2) is 5.75. The number of amides is 1. The molecule has 0 radical (unpaired) electrons. The number of aromatic hydroxyl groups is 1. The molecule has 0 aliphatic heterocycles. The lowest BCUT2D eigenvalue weighted by Gasteiger charge is -2.25. The Bertz CT molecular complexity index is 597. The third kappa shape index (κ3) is 2.82. The summed E-state index contributed by atoms with van der Waals surface area (Å²) >= 11 is 4.77. The molecule has 19 heavy (non-hydrogen) atoms. The maximum atomic E-state index is 12.4. The van der Waals surface area contributed by atoms with Gasteiger partial charge in [0.15, 0.2) is 0 Å². The molecule has 1 aromatic heterocycles. The minimum absolute atomic E-state index is 0.0578. The Kier molecular flexibility index (Phi) is 4.27. The van der Waals surface area contributed by atoms with Crippen LogP contribution in [0.15, 0.2) is 40.2 Å². The van der Waals surface area contributed by atoms with Gasteiger partial charge >= 0.3 is 0 Å². The fraction of sp³-hybridized carbons (Fsp3) is 0.214. The van der Waals surface area contributed by atoms with Crippen LogP contribution in [-0.4, -0.2) is 23.0 Å². The van der Waals surface area contributed by atoms with E-state index in [1.165, 1.54) is 11.3 Å². The monoisotopic (exact) mass is 339 g/mol. The molecule has 0 fully saturated rings. The zero-order valence-corrected chi connectivity index (χ0v) is 13.0. The average molecular weight is 340 g/mol. The van der Waals surface area contributed by atoms with Gasteiger partial charge in [-0.3, -0.25) is 4.79 Å². The lowest BCUT2D eigenvalue weighted by Crippen LogP contribution is -2.29. The standard InChI is InChI=1S/C14H14BrNO2S/c1-9(10-5-3-4-6-12(10)17)16(2)14(18)13-11(15)7-8-19-13/h3-9,17H,1-2H3. The summed E-state index contributed by atoms with van der Waals surface area (Å²) in [6.45, 7) is 1.90. The van der Waals surface area contributed by atoms with Crippen molar-refractivity contribution in [2.75, 3.05) is 7.05 Å². The van der Waals surface area contributed by atoms with Gasteiger partial charge < -0.3 is 10.0 Å². The van der Waals surface area contributed by atoms with E-state index in [0.717, 1.165) is 10.0 Å². The van der Waals surface area contributed by atoms with E-state index in [1.807, 2.05) is 30.5 Å². The molecule has 100 valence electrons. The third-order valence-corrected chi connectivity index (χ3v) is 4.93. The highest BCUT2D eigenvalue weighted by Crippen LogP contribution is 2.30. The van der Waals surface area contributed by atoms with E-state index in [0.29, 0.717) is 4.88 Å². The largest absolute Gasteiger partial charge is 0.508 e. The second-order valence-corrected chi connectivity index (χ2v) is 6.02. The third-order valence-electron chi connectivity index (χ3n) is 3.10. The van der Waals surface area contributed by atoms with Crippen LogP contribution in [0.5, 0.6) is 5.75 Å². The van der Waals surface area contributed by atoms with Gasteiger partial charge in [-0.05, 0) is 40.4 Å². The number of phenols is 1. The molecule has 0 saturated carbocycles. The topological polar surface area (TPSA) is 40.5 Å². The van der Waals surface area contributed by atoms with Crippen LogP contribution in [0, 0.1) is 0 Å². The minimum Gasteiger partial charge on any atom is -0.508 e. The first-order valence-corrected chi connectivity index (χ1v) is 7.47. The molecule has 1 unspecified atom stereocenters. The summed E-state index contributed by atoms with van der Waals surface area (Å²) in [5.41, 5.74) is 0.742. The number of thiophene rings is 1. The first-order chi connectivity index (χ1) is 9.02. The molecule has 0 spiro atoms. The summed E-state index contributed by atoms with van der Waals surface area (Å²) in [6.07, 6.45) is 0. The normalized spacial score (nSPS) is 12.2. The lowest BCUT2D eigenvalue weighted by atomic mass is 10.1. The summed E-state index contributed by atoms with van der Waals surface area (Å²) in [4.78, 5) is 14.7. The zero-order chi connectivity index (χ0) is 14.0. The number of halogens is 1. The van der Waals surface area contributed by atoms with Gasteiger partial charge in [-0.15, -0.1) is 11.3 Å². The molecule has 5 heteroatoms. The molecule has 2 aromatic rings. The average Bonchev–Trinajstić information content (AvgIpc) is 2.83. The van der Waals surface area contributed by atoms with Crippen LogP contribution in [0.2, 0.25) is 0 Å². The van der Waals surface area contributed by atoms with Crippen LogP contribution in [-0.2, 0) is 0 Å². The molecule has 1 heterocycles. The molecular formula is C14H14BrNO2S. The fourth-order valence-electron chi connectivity index (χ4n) is 1.83. The van der Waals surface area contributed by atoms with Crippen LogP contribution in [0.25, 0.3) is 0 Å². The van der Waals surface area contributed by atoms with Gasteiger partial charge in [0.2, 0.25) is 0 Å². The highest BCUT2D eigenvalue weighted by Gasteiger charge is 2.23. The van der Waals surface area contributed by atoms with Gasteiger partial charge in [0, 0.05) is 17.1 Å². The first kappa shape index (κ1) is 14.1. The number of para-hydroxylation sites is 1. The maximum Gasteiger partial charge on any atom is 0.265 e. The van der Waals surface area contributed by atoms with Crippen LogP contribution >= 0.6 is 27.3 Å². The van der Waals surface area contributed by atoms with Gasteiger partial charge in [0.1, 0.15) is 10.6 Å². The molecule has 0 aliphatic rings. The molecule has 1 atom stereocenters. The number of rotatable bonds is 3. The van der Waals surface area contributed by atoms with Crippen molar-refractivity contribution in [2.45, 2.75) is 13.0 Å². The molecule has 1 amide bonds. The molecule has 1 N–H and O–H groups in total. The highest BCUT2D eigenvalue weighted by atomic mass is 79.9. The molecule has 0 aliphatic carbocycles. The molecule has 1 aromatic carbocycles. The molecule has 3 nitrogen and oxygen atoms in total. The Morgan fingerprint density at radius 1 is 1.37 bits per heavy atom. The predicted octanol–water partition coefficient (Wildman–Crippen LogP) is 4.05. The molecule has 0 saturated heterocycles. The van der Waals surface area contributed by atoms with Gasteiger partial charge in [-0.2, -0.15) is 0 Å². The van der Waals surface area contributed by atoms with E-state index < -0.39 is 0 Å². The summed E-state index contributed by atoms with van der Waals surface area (Å²) in [7, 11) is 1.74. The molecule has 2 rings (SSSR count). The van der Waals surface area contributed by atoms with Crippen LogP contribution in [0.3, 0.4) is 0 Å². The van der Waals surface area contributed by atoms with E-state index in [9.17, 15) is 9.90 Å². The van der Waals surface area contributed by atoms with Crippen molar-refractivity contribution in [3.63, 3.8) is 0 Å². The summed E-state index contributed by atoms with van der Waals surface area (Å²) < 4.78 is 0.804.